The maximum absolute atomic E-state index is 12.9. The monoisotopic (exact) mass is 373 g/mol. The number of unbranched alkanes of at least 4 members (excludes halogenated alkanes) is 1. The number of carbonyl (C=O) groups is 2. The molecule has 2 rings (SSSR count). The lowest BCUT2D eigenvalue weighted by molar-refractivity contribution is -0.142. The number of methoxy groups -OCH3 is 1. The van der Waals surface area contributed by atoms with Gasteiger partial charge in [-0.15, -0.1) is 0 Å². The smallest absolute Gasteiger partial charge is 0.306 e. The van der Waals surface area contributed by atoms with E-state index in [0.29, 0.717) is 18.0 Å². The van der Waals surface area contributed by atoms with Crippen molar-refractivity contribution in [3.05, 3.63) is 59.9 Å². The van der Waals surface area contributed by atoms with Crippen molar-refractivity contribution in [2.45, 2.75) is 32.1 Å². The molecule has 6 heteroatoms. The zero-order chi connectivity index (χ0) is 19.5. The van der Waals surface area contributed by atoms with E-state index in [0.717, 1.165) is 19.3 Å². The van der Waals surface area contributed by atoms with Gasteiger partial charge in [-0.05, 0) is 61.2 Å². The molecule has 5 nitrogen and oxygen atoms in total. The van der Waals surface area contributed by atoms with Crippen molar-refractivity contribution >= 4 is 11.9 Å². The number of benzene rings is 2. The molecule has 0 saturated carbocycles. The highest BCUT2D eigenvalue weighted by molar-refractivity contribution is 5.81. The fourth-order valence-electron chi connectivity index (χ4n) is 2.45. The van der Waals surface area contributed by atoms with Crippen LogP contribution in [-0.4, -0.2) is 25.5 Å². The van der Waals surface area contributed by atoms with E-state index in [4.69, 9.17) is 4.74 Å². The lowest BCUT2D eigenvalue weighted by atomic mass is 10.1. The van der Waals surface area contributed by atoms with Gasteiger partial charge in [0, 0.05) is 13.0 Å². The van der Waals surface area contributed by atoms with Crippen molar-refractivity contribution in [3.8, 4) is 11.5 Å². The summed E-state index contributed by atoms with van der Waals surface area (Å²) in [4.78, 5) is 22.5. The normalized spacial score (nSPS) is 10.3. The second-order valence-electron chi connectivity index (χ2n) is 6.08. The summed E-state index contributed by atoms with van der Waals surface area (Å²) in [6.07, 6.45) is 2.96. The molecule has 0 spiro atoms. The van der Waals surface area contributed by atoms with Crippen LogP contribution in [0.2, 0.25) is 0 Å². The Labute approximate surface area is 158 Å². The standard InChI is InChI=1S/C21H24FNO4/c1-26-21(25)14-13-20(24)23-15-3-2-4-16-5-9-18(10-6-16)27-19-11-7-17(22)8-12-19/h5-12H,2-4,13-15H2,1H3,(H,23,24). The van der Waals surface area contributed by atoms with Gasteiger partial charge in [-0.2, -0.15) is 0 Å². The summed E-state index contributed by atoms with van der Waals surface area (Å²) in [7, 11) is 1.31. The molecule has 0 aliphatic rings. The minimum Gasteiger partial charge on any atom is -0.469 e. The highest BCUT2D eigenvalue weighted by Gasteiger charge is 2.06. The predicted molar refractivity (Wildman–Crippen MR) is 100 cm³/mol. The first-order chi connectivity index (χ1) is 13.1. The molecule has 1 N–H and O–H groups in total. The van der Waals surface area contributed by atoms with E-state index >= 15 is 0 Å². The summed E-state index contributed by atoms with van der Waals surface area (Å²) >= 11 is 0. The lowest BCUT2D eigenvalue weighted by Crippen LogP contribution is -2.25. The zero-order valence-corrected chi connectivity index (χ0v) is 15.4. The molecule has 0 heterocycles. The number of nitrogens with one attached hydrogen (secondary N) is 1. The molecule has 1 amide bonds. The first kappa shape index (κ1) is 20.4. The van der Waals surface area contributed by atoms with Gasteiger partial charge in [0.05, 0.1) is 13.5 Å². The van der Waals surface area contributed by atoms with Crippen molar-refractivity contribution in [2.75, 3.05) is 13.7 Å². The van der Waals surface area contributed by atoms with Crippen LogP contribution in [0.25, 0.3) is 0 Å². The van der Waals surface area contributed by atoms with E-state index in [2.05, 4.69) is 10.1 Å². The average Bonchev–Trinajstić information content (AvgIpc) is 2.68. The Hall–Kier alpha value is -2.89. The Bertz CT molecular complexity index is 729. The van der Waals surface area contributed by atoms with Crippen LogP contribution in [0, 0.1) is 5.82 Å². The number of halogens is 1. The molecule has 144 valence electrons. The number of carbonyl (C=O) groups excluding carboxylic acids is 2. The molecular formula is C21H24FNO4. The van der Waals surface area contributed by atoms with Gasteiger partial charge >= 0.3 is 5.97 Å². The fourth-order valence-corrected chi connectivity index (χ4v) is 2.45. The molecule has 0 aliphatic carbocycles. The third kappa shape index (κ3) is 7.90. The lowest BCUT2D eigenvalue weighted by Gasteiger charge is -2.07. The molecule has 0 atom stereocenters. The summed E-state index contributed by atoms with van der Waals surface area (Å²) < 4.78 is 23.0. The Balaban J connectivity index is 1.63. The highest BCUT2D eigenvalue weighted by Crippen LogP contribution is 2.22. The van der Waals surface area contributed by atoms with E-state index < -0.39 is 0 Å². The third-order valence-corrected chi connectivity index (χ3v) is 3.97. The summed E-state index contributed by atoms with van der Waals surface area (Å²) in [6.45, 7) is 0.589. The molecular weight excluding hydrogens is 349 g/mol. The van der Waals surface area contributed by atoms with Crippen LogP contribution in [0.3, 0.4) is 0 Å². The van der Waals surface area contributed by atoms with Crippen molar-refractivity contribution < 1.29 is 23.5 Å². The topological polar surface area (TPSA) is 64.6 Å². The van der Waals surface area contributed by atoms with Crippen LogP contribution in [0.4, 0.5) is 4.39 Å². The Morgan fingerprint density at radius 1 is 0.926 bits per heavy atom. The van der Waals surface area contributed by atoms with Crippen molar-refractivity contribution in [1.82, 2.24) is 5.32 Å². The van der Waals surface area contributed by atoms with Crippen molar-refractivity contribution in [1.29, 1.82) is 0 Å². The van der Waals surface area contributed by atoms with Gasteiger partial charge in [0.15, 0.2) is 0 Å². The quantitative estimate of drug-likeness (QED) is 0.505. The van der Waals surface area contributed by atoms with Gasteiger partial charge in [-0.25, -0.2) is 4.39 Å². The first-order valence-electron chi connectivity index (χ1n) is 8.92. The number of ether oxygens (including phenoxy) is 2. The minimum atomic E-state index is -0.378. The van der Waals surface area contributed by atoms with Gasteiger partial charge in [0.1, 0.15) is 17.3 Å². The Morgan fingerprint density at radius 2 is 1.56 bits per heavy atom. The van der Waals surface area contributed by atoms with E-state index in [1.54, 1.807) is 12.1 Å². The molecule has 0 saturated heterocycles. The van der Waals surface area contributed by atoms with Gasteiger partial charge in [0.2, 0.25) is 5.91 Å². The largest absolute Gasteiger partial charge is 0.469 e. The van der Waals surface area contributed by atoms with Gasteiger partial charge in [-0.3, -0.25) is 9.59 Å². The van der Waals surface area contributed by atoms with E-state index in [1.807, 2.05) is 24.3 Å². The Kier molecular flexibility index (Phi) is 8.29. The van der Waals surface area contributed by atoms with Gasteiger partial charge < -0.3 is 14.8 Å². The van der Waals surface area contributed by atoms with Crippen LogP contribution in [0.5, 0.6) is 11.5 Å². The minimum absolute atomic E-state index is 0.106. The average molecular weight is 373 g/mol. The molecule has 27 heavy (non-hydrogen) atoms. The SMILES string of the molecule is COC(=O)CCC(=O)NCCCCc1ccc(Oc2ccc(F)cc2)cc1. The molecule has 2 aromatic carbocycles. The number of aryl methyl sites for hydroxylation is 1. The second-order valence-corrected chi connectivity index (χ2v) is 6.08. The van der Waals surface area contributed by atoms with Crippen molar-refractivity contribution in [3.63, 3.8) is 0 Å². The second kappa shape index (κ2) is 11.0. The van der Waals surface area contributed by atoms with Crippen molar-refractivity contribution in [2.24, 2.45) is 0 Å². The van der Waals surface area contributed by atoms with E-state index in [9.17, 15) is 14.0 Å². The summed E-state index contributed by atoms with van der Waals surface area (Å²) in [5, 5.41) is 2.80. The number of esters is 1. The maximum atomic E-state index is 12.9. The summed E-state index contributed by atoms with van der Waals surface area (Å²) in [6, 6.07) is 13.6. The van der Waals surface area contributed by atoms with Gasteiger partial charge in [-0.1, -0.05) is 12.1 Å². The van der Waals surface area contributed by atoms with Crippen LogP contribution in [-0.2, 0) is 20.7 Å². The Morgan fingerprint density at radius 3 is 2.19 bits per heavy atom. The summed E-state index contributed by atoms with van der Waals surface area (Å²) in [5.41, 5.74) is 1.18. The molecule has 0 bridgehead atoms. The highest BCUT2D eigenvalue weighted by atomic mass is 19.1. The van der Waals surface area contributed by atoms with Crippen LogP contribution >= 0.6 is 0 Å². The summed E-state index contributed by atoms with van der Waals surface area (Å²) in [5.74, 6) is 0.479. The fraction of sp³-hybridized carbons (Fsp3) is 0.333. The number of hydrogen-bond donors (Lipinski definition) is 1. The van der Waals surface area contributed by atoms with Gasteiger partial charge in [0.25, 0.3) is 0 Å². The van der Waals surface area contributed by atoms with E-state index in [1.165, 1.54) is 24.8 Å². The molecule has 0 fully saturated rings. The number of amides is 1. The molecule has 2 aromatic rings. The third-order valence-electron chi connectivity index (χ3n) is 3.97. The van der Waals surface area contributed by atoms with Crippen LogP contribution < -0.4 is 10.1 Å². The predicted octanol–water partition coefficient (Wildman–Crippen LogP) is 4.01. The number of hydrogen-bond acceptors (Lipinski definition) is 4. The maximum Gasteiger partial charge on any atom is 0.306 e. The molecule has 0 radical (unpaired) electrons. The number of rotatable bonds is 10. The van der Waals surface area contributed by atoms with Crippen LogP contribution in [0.15, 0.2) is 48.5 Å². The molecule has 0 aliphatic heterocycles. The van der Waals surface area contributed by atoms with Crippen LogP contribution in [0.1, 0.15) is 31.2 Å². The van der Waals surface area contributed by atoms with E-state index in [-0.39, 0.29) is 30.5 Å². The first-order valence-corrected chi connectivity index (χ1v) is 8.92. The molecule has 0 aromatic heterocycles. The zero-order valence-electron chi connectivity index (χ0n) is 15.4. The molecule has 0 unspecified atom stereocenters.